The second kappa shape index (κ2) is 6.13. The van der Waals surface area contributed by atoms with Gasteiger partial charge in [-0.05, 0) is 42.2 Å². The van der Waals surface area contributed by atoms with Crippen molar-refractivity contribution in [2.45, 2.75) is 25.7 Å². The third-order valence-corrected chi connectivity index (χ3v) is 7.66. The molecule has 6 heteroatoms. The summed E-state index contributed by atoms with van der Waals surface area (Å²) in [5.74, 6) is -1.59. The van der Waals surface area contributed by atoms with Gasteiger partial charge in [-0.2, -0.15) is 0 Å². The SMILES string of the molecule is Cc1ccc(N2C(=O)[C@H]3C4c5ccccc5C(c5ccccc54)[C@]3(C)C2=O)cc1[N+](=O)[O-]. The monoisotopic (exact) mass is 424 g/mol. The standard InChI is InChI=1S/C26H20N2O4/c1-14-11-12-15(13-20(14)28(31)32)27-24(29)23-21-16-7-3-5-9-18(16)22(26(23,2)25(27)30)19-10-6-4-8-17(19)21/h3-13,21-23H,1-2H3/t21?,22?,23-,26+/m1/s1. The summed E-state index contributed by atoms with van der Waals surface area (Å²) in [7, 11) is 0. The van der Waals surface area contributed by atoms with E-state index in [1.807, 2.05) is 31.2 Å². The predicted octanol–water partition coefficient (Wildman–Crippen LogP) is 4.69. The molecule has 0 saturated carbocycles. The van der Waals surface area contributed by atoms with Gasteiger partial charge in [0.1, 0.15) is 0 Å². The molecule has 0 radical (unpaired) electrons. The topological polar surface area (TPSA) is 80.5 Å². The second-order valence-electron chi connectivity index (χ2n) is 9.14. The van der Waals surface area contributed by atoms with E-state index in [0.29, 0.717) is 5.56 Å². The predicted molar refractivity (Wildman–Crippen MR) is 118 cm³/mol. The molecule has 1 aliphatic heterocycles. The summed E-state index contributed by atoms with van der Waals surface area (Å²) in [6, 6.07) is 20.7. The number of rotatable bonds is 2. The van der Waals surface area contributed by atoms with Crippen LogP contribution in [-0.4, -0.2) is 16.7 Å². The van der Waals surface area contributed by atoms with Crippen LogP contribution in [0.25, 0.3) is 0 Å². The Labute approximate surface area is 184 Å². The third kappa shape index (κ3) is 2.09. The van der Waals surface area contributed by atoms with E-state index in [2.05, 4.69) is 24.3 Å². The molecule has 6 nitrogen and oxygen atoms in total. The summed E-state index contributed by atoms with van der Waals surface area (Å²) in [5.41, 5.74) is 4.07. The number of anilines is 1. The highest BCUT2D eigenvalue weighted by molar-refractivity contribution is 6.25. The van der Waals surface area contributed by atoms with Gasteiger partial charge in [-0.15, -0.1) is 0 Å². The van der Waals surface area contributed by atoms with E-state index in [4.69, 9.17) is 0 Å². The van der Waals surface area contributed by atoms with E-state index in [0.717, 1.165) is 22.3 Å². The fraction of sp³-hybridized carbons (Fsp3) is 0.231. The van der Waals surface area contributed by atoms with E-state index in [1.54, 1.807) is 19.1 Å². The molecule has 158 valence electrons. The van der Waals surface area contributed by atoms with Crippen molar-refractivity contribution in [1.29, 1.82) is 0 Å². The van der Waals surface area contributed by atoms with Gasteiger partial charge in [0, 0.05) is 23.5 Å². The molecule has 3 aliphatic carbocycles. The van der Waals surface area contributed by atoms with Gasteiger partial charge in [-0.1, -0.05) is 54.6 Å². The number of imide groups is 1. The Bertz CT molecular complexity index is 1320. The lowest BCUT2D eigenvalue weighted by molar-refractivity contribution is -0.385. The Balaban J connectivity index is 1.58. The quantitative estimate of drug-likeness (QED) is 0.340. The molecule has 0 unspecified atom stereocenters. The molecule has 1 saturated heterocycles. The number of amides is 2. The van der Waals surface area contributed by atoms with Crippen molar-refractivity contribution in [1.82, 2.24) is 0 Å². The third-order valence-electron chi connectivity index (χ3n) is 7.66. The van der Waals surface area contributed by atoms with E-state index in [1.165, 1.54) is 11.0 Å². The van der Waals surface area contributed by atoms with Gasteiger partial charge in [0.25, 0.3) is 5.69 Å². The highest BCUT2D eigenvalue weighted by Gasteiger charge is 2.68. The number of nitro benzene ring substituents is 1. The van der Waals surface area contributed by atoms with Crippen LogP contribution in [0.1, 0.15) is 46.6 Å². The molecule has 32 heavy (non-hydrogen) atoms. The first-order valence-electron chi connectivity index (χ1n) is 10.7. The summed E-state index contributed by atoms with van der Waals surface area (Å²) < 4.78 is 0. The maximum Gasteiger partial charge on any atom is 0.274 e. The van der Waals surface area contributed by atoms with Gasteiger partial charge in [0.05, 0.1) is 21.9 Å². The molecule has 2 amide bonds. The number of nitrogens with zero attached hydrogens (tertiary/aromatic N) is 2. The first-order chi connectivity index (χ1) is 15.4. The van der Waals surface area contributed by atoms with Crippen LogP contribution in [0.2, 0.25) is 0 Å². The summed E-state index contributed by atoms with van der Waals surface area (Å²) in [6.45, 7) is 3.54. The Morgan fingerprint density at radius 3 is 2.03 bits per heavy atom. The highest BCUT2D eigenvalue weighted by Crippen LogP contribution is 2.67. The van der Waals surface area contributed by atoms with Gasteiger partial charge >= 0.3 is 0 Å². The average molecular weight is 424 g/mol. The van der Waals surface area contributed by atoms with Gasteiger partial charge in [-0.25, -0.2) is 4.90 Å². The molecule has 1 fully saturated rings. The first kappa shape index (κ1) is 18.9. The number of carbonyl (C=O) groups excluding carboxylic acids is 2. The van der Waals surface area contributed by atoms with Crippen LogP contribution in [0.15, 0.2) is 66.7 Å². The molecule has 4 aliphatic rings. The van der Waals surface area contributed by atoms with Gasteiger partial charge in [0.15, 0.2) is 0 Å². The fourth-order valence-corrected chi connectivity index (χ4v) is 6.29. The normalized spacial score (nSPS) is 27.2. The summed E-state index contributed by atoms with van der Waals surface area (Å²) in [5, 5.41) is 11.5. The van der Waals surface area contributed by atoms with Crippen LogP contribution in [0, 0.1) is 28.4 Å². The van der Waals surface area contributed by atoms with Gasteiger partial charge < -0.3 is 0 Å². The highest BCUT2D eigenvalue weighted by atomic mass is 16.6. The van der Waals surface area contributed by atoms with Crippen LogP contribution in [0.4, 0.5) is 11.4 Å². The Hall–Kier alpha value is -3.80. The minimum absolute atomic E-state index is 0.0994. The fourth-order valence-electron chi connectivity index (χ4n) is 6.29. The van der Waals surface area contributed by atoms with Crippen LogP contribution < -0.4 is 4.90 Å². The van der Waals surface area contributed by atoms with E-state index >= 15 is 0 Å². The van der Waals surface area contributed by atoms with Crippen molar-refractivity contribution in [2.75, 3.05) is 4.90 Å². The molecule has 0 N–H and O–H groups in total. The molecular formula is C26H20N2O4. The Morgan fingerprint density at radius 1 is 0.906 bits per heavy atom. The summed E-state index contributed by atoms with van der Waals surface area (Å²) in [4.78, 5) is 40.1. The molecule has 2 bridgehead atoms. The average Bonchev–Trinajstić information content (AvgIpc) is 3.00. The first-order valence-corrected chi connectivity index (χ1v) is 10.7. The van der Waals surface area contributed by atoms with Crippen LogP contribution >= 0.6 is 0 Å². The molecule has 3 aromatic carbocycles. The number of aryl methyl sites for hydroxylation is 1. The number of nitro groups is 1. The molecule has 7 rings (SSSR count). The van der Waals surface area contributed by atoms with E-state index < -0.39 is 16.3 Å². The van der Waals surface area contributed by atoms with Gasteiger partial charge in [-0.3, -0.25) is 19.7 Å². The molecule has 3 aromatic rings. The van der Waals surface area contributed by atoms with E-state index in [-0.39, 0.29) is 35.0 Å². The van der Waals surface area contributed by atoms with Crippen molar-refractivity contribution in [2.24, 2.45) is 11.3 Å². The van der Waals surface area contributed by atoms with Crippen LogP contribution in [-0.2, 0) is 9.59 Å². The van der Waals surface area contributed by atoms with Crippen molar-refractivity contribution in [3.05, 3.63) is 105 Å². The molecule has 1 heterocycles. The molecule has 0 spiro atoms. The van der Waals surface area contributed by atoms with Crippen molar-refractivity contribution >= 4 is 23.2 Å². The molecule has 0 aromatic heterocycles. The number of carbonyl (C=O) groups is 2. The smallest absolute Gasteiger partial charge is 0.274 e. The van der Waals surface area contributed by atoms with Crippen LogP contribution in [0.5, 0.6) is 0 Å². The lowest BCUT2D eigenvalue weighted by atomic mass is 9.48. The van der Waals surface area contributed by atoms with Crippen molar-refractivity contribution in [3.63, 3.8) is 0 Å². The lowest BCUT2D eigenvalue weighted by Gasteiger charge is -2.51. The summed E-state index contributed by atoms with van der Waals surface area (Å²) in [6.07, 6.45) is 0. The lowest BCUT2D eigenvalue weighted by Crippen LogP contribution is -2.49. The van der Waals surface area contributed by atoms with Crippen molar-refractivity contribution < 1.29 is 14.5 Å². The molecular weight excluding hydrogens is 404 g/mol. The van der Waals surface area contributed by atoms with Crippen LogP contribution in [0.3, 0.4) is 0 Å². The zero-order valence-electron chi connectivity index (χ0n) is 17.6. The minimum atomic E-state index is -0.954. The number of hydrogen-bond acceptors (Lipinski definition) is 4. The Morgan fingerprint density at radius 2 is 1.47 bits per heavy atom. The second-order valence-corrected chi connectivity index (χ2v) is 9.14. The molecule has 2 atom stereocenters. The number of hydrogen-bond donors (Lipinski definition) is 0. The van der Waals surface area contributed by atoms with Gasteiger partial charge in [0.2, 0.25) is 11.8 Å². The largest absolute Gasteiger partial charge is 0.274 e. The minimum Gasteiger partial charge on any atom is -0.274 e. The number of benzene rings is 3. The zero-order valence-corrected chi connectivity index (χ0v) is 17.6. The van der Waals surface area contributed by atoms with E-state index in [9.17, 15) is 19.7 Å². The maximum atomic E-state index is 14.0. The zero-order chi connectivity index (χ0) is 22.4. The summed E-state index contributed by atoms with van der Waals surface area (Å²) >= 11 is 0. The maximum absolute atomic E-state index is 14.0. The van der Waals surface area contributed by atoms with Crippen molar-refractivity contribution in [3.8, 4) is 0 Å². The Kier molecular flexibility index (Phi) is 3.62.